The zero-order valence-electron chi connectivity index (χ0n) is 8.07. The molecule has 2 rings (SSSR count). The molecule has 1 aromatic heterocycles. The number of aromatic nitrogens is 3. The van der Waals surface area contributed by atoms with Gasteiger partial charge in [-0.3, -0.25) is 10.2 Å². The Morgan fingerprint density at radius 2 is 2.19 bits per heavy atom. The Balaban J connectivity index is 2.05. The number of hydrazone groups is 1. The van der Waals surface area contributed by atoms with Crippen LogP contribution in [0.1, 0.15) is 5.56 Å². The van der Waals surface area contributed by atoms with Gasteiger partial charge in [-0.15, -0.1) is 0 Å². The quantitative estimate of drug-likeness (QED) is 0.435. The maximum Gasteiger partial charge on any atom is 0.238 e. The van der Waals surface area contributed by atoms with Crippen LogP contribution in [-0.2, 0) is 0 Å². The molecule has 7 heteroatoms. The van der Waals surface area contributed by atoms with Crippen LogP contribution in [0.4, 0.5) is 10.3 Å². The minimum atomic E-state index is -0.331. The summed E-state index contributed by atoms with van der Waals surface area (Å²) in [5.41, 5.74) is 2.97. The van der Waals surface area contributed by atoms with Crippen molar-refractivity contribution in [1.29, 1.82) is 0 Å². The molecule has 2 aromatic rings. The smallest absolute Gasteiger partial charge is 0.238 e. The van der Waals surface area contributed by atoms with E-state index in [0.717, 1.165) is 0 Å². The molecule has 3 N–H and O–H groups in total. The molecule has 1 heterocycles. The van der Waals surface area contributed by atoms with E-state index < -0.39 is 0 Å². The standard InChI is InChI=1S/C9H8FN5S/c10-7-4-2-1-3-6(7)5-11-13-8-12-9(16)15-14-8/h1-5H,(H3,12,13,14,15,16)/b11-5-. The third kappa shape index (κ3) is 2.51. The van der Waals surface area contributed by atoms with Crippen molar-refractivity contribution in [3.05, 3.63) is 40.4 Å². The highest BCUT2D eigenvalue weighted by atomic mass is 32.1. The molecule has 16 heavy (non-hydrogen) atoms. The van der Waals surface area contributed by atoms with Crippen LogP contribution < -0.4 is 5.43 Å². The van der Waals surface area contributed by atoms with E-state index in [1.807, 2.05) is 0 Å². The topological polar surface area (TPSA) is 68.9 Å². The number of hydrogen-bond acceptors (Lipinski definition) is 4. The van der Waals surface area contributed by atoms with Crippen LogP contribution in [0, 0.1) is 10.6 Å². The number of anilines is 1. The van der Waals surface area contributed by atoms with E-state index in [9.17, 15) is 4.39 Å². The van der Waals surface area contributed by atoms with Crippen molar-refractivity contribution in [2.75, 3.05) is 5.43 Å². The van der Waals surface area contributed by atoms with Crippen LogP contribution >= 0.6 is 12.2 Å². The fraction of sp³-hybridized carbons (Fsp3) is 0. The zero-order valence-corrected chi connectivity index (χ0v) is 8.88. The van der Waals surface area contributed by atoms with E-state index in [1.54, 1.807) is 18.2 Å². The first-order valence-electron chi connectivity index (χ1n) is 4.44. The van der Waals surface area contributed by atoms with Crippen LogP contribution in [0.15, 0.2) is 29.4 Å². The Bertz CT molecular complexity index is 559. The normalized spacial score (nSPS) is 10.8. The summed E-state index contributed by atoms with van der Waals surface area (Å²) < 4.78 is 13.5. The number of rotatable bonds is 3. The number of nitrogens with zero attached hydrogens (tertiary/aromatic N) is 2. The molecule has 82 valence electrons. The largest absolute Gasteiger partial charge is 0.272 e. The second-order valence-corrected chi connectivity index (χ2v) is 3.29. The molecule has 0 aliphatic heterocycles. The second-order valence-electron chi connectivity index (χ2n) is 2.91. The lowest BCUT2D eigenvalue weighted by molar-refractivity contribution is 0.626. The monoisotopic (exact) mass is 237 g/mol. The van der Waals surface area contributed by atoms with Crippen LogP contribution in [0.2, 0.25) is 0 Å². The summed E-state index contributed by atoms with van der Waals surface area (Å²) in [6.45, 7) is 0. The van der Waals surface area contributed by atoms with Crippen molar-refractivity contribution in [2.45, 2.75) is 0 Å². The molecule has 0 saturated heterocycles. The van der Waals surface area contributed by atoms with Gasteiger partial charge < -0.3 is 0 Å². The predicted octanol–water partition coefficient (Wildman–Crippen LogP) is 2.05. The van der Waals surface area contributed by atoms with Gasteiger partial charge in [-0.2, -0.15) is 10.1 Å². The number of benzene rings is 1. The molecule has 0 unspecified atom stereocenters. The first-order valence-corrected chi connectivity index (χ1v) is 4.85. The third-order valence-corrected chi connectivity index (χ3v) is 1.97. The average molecular weight is 237 g/mol. The molecule has 0 fully saturated rings. The third-order valence-electron chi connectivity index (χ3n) is 1.78. The van der Waals surface area contributed by atoms with Gasteiger partial charge >= 0.3 is 0 Å². The lowest BCUT2D eigenvalue weighted by Crippen LogP contribution is -1.94. The maximum absolute atomic E-state index is 13.2. The van der Waals surface area contributed by atoms with Crippen LogP contribution in [0.25, 0.3) is 0 Å². The van der Waals surface area contributed by atoms with Crippen molar-refractivity contribution in [1.82, 2.24) is 15.2 Å². The highest BCUT2D eigenvalue weighted by molar-refractivity contribution is 7.71. The Hall–Kier alpha value is -2.02. The summed E-state index contributed by atoms with van der Waals surface area (Å²) in [6, 6.07) is 6.33. The number of hydrogen-bond donors (Lipinski definition) is 3. The predicted molar refractivity (Wildman–Crippen MR) is 61.4 cm³/mol. The molecular weight excluding hydrogens is 229 g/mol. The van der Waals surface area contributed by atoms with E-state index >= 15 is 0 Å². The molecule has 0 bridgehead atoms. The van der Waals surface area contributed by atoms with Crippen molar-refractivity contribution < 1.29 is 4.39 Å². The second kappa shape index (κ2) is 4.67. The number of halogens is 1. The number of aromatic amines is 2. The summed E-state index contributed by atoms with van der Waals surface area (Å²) in [4.78, 5) is 3.85. The summed E-state index contributed by atoms with van der Waals surface area (Å²) in [5.74, 6) is 0.0422. The lowest BCUT2D eigenvalue weighted by Gasteiger charge is -1.95. The molecule has 0 aliphatic carbocycles. The van der Waals surface area contributed by atoms with Crippen LogP contribution in [0.5, 0.6) is 0 Å². The van der Waals surface area contributed by atoms with Gasteiger partial charge in [0.05, 0.1) is 6.21 Å². The van der Waals surface area contributed by atoms with E-state index in [4.69, 9.17) is 12.2 Å². The van der Waals surface area contributed by atoms with Gasteiger partial charge in [-0.1, -0.05) is 18.2 Å². The molecule has 0 spiro atoms. The lowest BCUT2D eigenvalue weighted by atomic mass is 10.2. The van der Waals surface area contributed by atoms with Crippen molar-refractivity contribution >= 4 is 24.4 Å². The maximum atomic E-state index is 13.2. The summed E-state index contributed by atoms with van der Waals surface area (Å²) in [6.07, 6.45) is 1.36. The minimum Gasteiger partial charge on any atom is -0.272 e. The van der Waals surface area contributed by atoms with Gasteiger partial charge in [0, 0.05) is 5.56 Å². The zero-order chi connectivity index (χ0) is 11.4. The first kappa shape index (κ1) is 10.5. The number of H-pyrrole nitrogens is 2. The summed E-state index contributed by atoms with van der Waals surface area (Å²) >= 11 is 4.75. The van der Waals surface area contributed by atoms with Gasteiger partial charge in [0.15, 0.2) is 0 Å². The Kier molecular flexibility index (Phi) is 3.06. The van der Waals surface area contributed by atoms with Crippen LogP contribution in [0.3, 0.4) is 0 Å². The molecule has 5 nitrogen and oxygen atoms in total. The Labute approximate surface area is 95.4 Å². The Morgan fingerprint density at radius 3 is 2.88 bits per heavy atom. The molecule has 1 aromatic carbocycles. The van der Waals surface area contributed by atoms with Crippen molar-refractivity contribution in [3.63, 3.8) is 0 Å². The van der Waals surface area contributed by atoms with Gasteiger partial charge in [-0.05, 0) is 18.3 Å². The fourth-order valence-electron chi connectivity index (χ4n) is 1.07. The SMILES string of the molecule is Fc1ccccc1/C=N\Nc1nc(=S)[nH][nH]1. The van der Waals surface area contributed by atoms with Gasteiger partial charge in [0.25, 0.3) is 0 Å². The molecule has 0 saturated carbocycles. The molecular formula is C9H8FN5S. The molecule has 0 aliphatic rings. The summed E-state index contributed by atoms with van der Waals surface area (Å²) in [5, 5.41) is 9.06. The minimum absolute atomic E-state index is 0.323. The number of nitrogens with one attached hydrogen (secondary N) is 3. The molecule has 0 radical (unpaired) electrons. The Morgan fingerprint density at radius 1 is 1.38 bits per heavy atom. The van der Waals surface area contributed by atoms with E-state index in [1.165, 1.54) is 12.3 Å². The first-order chi connectivity index (χ1) is 7.75. The van der Waals surface area contributed by atoms with E-state index in [0.29, 0.717) is 16.3 Å². The van der Waals surface area contributed by atoms with E-state index in [-0.39, 0.29) is 5.82 Å². The van der Waals surface area contributed by atoms with Crippen molar-refractivity contribution in [2.24, 2.45) is 5.10 Å². The molecule has 0 atom stereocenters. The highest BCUT2D eigenvalue weighted by Crippen LogP contribution is 2.03. The van der Waals surface area contributed by atoms with Crippen molar-refractivity contribution in [3.8, 4) is 0 Å². The summed E-state index contributed by atoms with van der Waals surface area (Å²) in [7, 11) is 0. The van der Waals surface area contributed by atoms with Crippen LogP contribution in [-0.4, -0.2) is 21.4 Å². The molecule has 0 amide bonds. The van der Waals surface area contributed by atoms with Gasteiger partial charge in [-0.25, -0.2) is 9.82 Å². The average Bonchev–Trinajstić information content (AvgIpc) is 2.67. The highest BCUT2D eigenvalue weighted by Gasteiger charge is 1.96. The van der Waals surface area contributed by atoms with Gasteiger partial charge in [0.2, 0.25) is 10.7 Å². The fourth-order valence-corrected chi connectivity index (χ4v) is 1.21. The van der Waals surface area contributed by atoms with E-state index in [2.05, 4.69) is 25.7 Å². The van der Waals surface area contributed by atoms with Gasteiger partial charge in [0.1, 0.15) is 5.82 Å².